The van der Waals surface area contributed by atoms with Crippen LogP contribution in [0.2, 0.25) is 0 Å². The summed E-state index contributed by atoms with van der Waals surface area (Å²) in [7, 11) is 0. The Morgan fingerprint density at radius 2 is 1.90 bits per heavy atom. The molecular formula is C18H30N2O. The normalized spacial score (nSPS) is 25.0. The molecule has 1 aliphatic rings. The van der Waals surface area contributed by atoms with E-state index in [9.17, 15) is 0 Å². The number of nitrogens with two attached hydrogens (primary N) is 1. The Balaban J connectivity index is 2.10. The van der Waals surface area contributed by atoms with E-state index in [-0.39, 0.29) is 6.10 Å². The molecule has 2 rings (SSSR count). The first-order valence-corrected chi connectivity index (χ1v) is 8.23. The van der Waals surface area contributed by atoms with Gasteiger partial charge in [0.25, 0.3) is 0 Å². The van der Waals surface area contributed by atoms with Crippen molar-refractivity contribution >= 4 is 0 Å². The Bertz CT molecular complexity index is 429. The van der Waals surface area contributed by atoms with Gasteiger partial charge in [-0.1, -0.05) is 19.1 Å². The zero-order valence-electron chi connectivity index (χ0n) is 13.9. The third-order valence-electron chi connectivity index (χ3n) is 4.45. The zero-order valence-corrected chi connectivity index (χ0v) is 13.9. The maximum absolute atomic E-state index is 6.08. The van der Waals surface area contributed by atoms with Gasteiger partial charge >= 0.3 is 0 Å². The first-order valence-electron chi connectivity index (χ1n) is 8.23. The standard InChI is InChI=1S/C18H30N2O/c1-13(2)21-17-7-5-16(6-8-17)18(12-19)20-10-9-14(3)11-15(20)4/h5-8,13-15,18H,9-12,19H2,1-4H3. The van der Waals surface area contributed by atoms with Crippen LogP contribution in [0.25, 0.3) is 0 Å². The van der Waals surface area contributed by atoms with Crippen LogP contribution in [0, 0.1) is 5.92 Å². The molecule has 0 bridgehead atoms. The van der Waals surface area contributed by atoms with E-state index in [1.54, 1.807) is 0 Å². The van der Waals surface area contributed by atoms with Gasteiger partial charge in [0.05, 0.1) is 6.10 Å². The second-order valence-corrected chi connectivity index (χ2v) is 6.70. The molecular weight excluding hydrogens is 260 g/mol. The Labute approximate surface area is 129 Å². The van der Waals surface area contributed by atoms with Crippen LogP contribution in [0.4, 0.5) is 0 Å². The van der Waals surface area contributed by atoms with Gasteiger partial charge in [-0.3, -0.25) is 4.90 Å². The van der Waals surface area contributed by atoms with Gasteiger partial charge in [-0.15, -0.1) is 0 Å². The van der Waals surface area contributed by atoms with E-state index >= 15 is 0 Å². The third-order valence-corrected chi connectivity index (χ3v) is 4.45. The van der Waals surface area contributed by atoms with E-state index < -0.39 is 0 Å². The number of benzene rings is 1. The lowest BCUT2D eigenvalue weighted by Gasteiger charge is -2.41. The molecule has 1 heterocycles. The fourth-order valence-corrected chi connectivity index (χ4v) is 3.39. The van der Waals surface area contributed by atoms with Crippen molar-refractivity contribution in [3.05, 3.63) is 29.8 Å². The van der Waals surface area contributed by atoms with Gasteiger partial charge < -0.3 is 10.5 Å². The average Bonchev–Trinajstić information content (AvgIpc) is 2.43. The van der Waals surface area contributed by atoms with Crippen LogP contribution in [-0.4, -0.2) is 30.1 Å². The minimum absolute atomic E-state index is 0.213. The van der Waals surface area contributed by atoms with E-state index in [1.807, 2.05) is 13.8 Å². The summed E-state index contributed by atoms with van der Waals surface area (Å²) in [6, 6.07) is 9.39. The molecule has 0 radical (unpaired) electrons. The van der Waals surface area contributed by atoms with Crippen LogP contribution in [0.15, 0.2) is 24.3 Å². The largest absolute Gasteiger partial charge is 0.491 e. The van der Waals surface area contributed by atoms with Crippen LogP contribution >= 0.6 is 0 Å². The lowest BCUT2D eigenvalue weighted by Crippen LogP contribution is -2.44. The fraction of sp³-hybridized carbons (Fsp3) is 0.667. The first kappa shape index (κ1) is 16.3. The monoisotopic (exact) mass is 290 g/mol. The van der Waals surface area contributed by atoms with E-state index in [1.165, 1.54) is 18.4 Å². The number of ether oxygens (including phenoxy) is 1. The van der Waals surface area contributed by atoms with Crippen molar-refractivity contribution in [3.8, 4) is 5.75 Å². The minimum Gasteiger partial charge on any atom is -0.491 e. The van der Waals surface area contributed by atoms with Crippen molar-refractivity contribution < 1.29 is 4.74 Å². The molecule has 3 nitrogen and oxygen atoms in total. The van der Waals surface area contributed by atoms with Gasteiger partial charge in [-0.25, -0.2) is 0 Å². The number of hydrogen-bond acceptors (Lipinski definition) is 3. The summed E-state index contributed by atoms with van der Waals surface area (Å²) >= 11 is 0. The molecule has 1 fully saturated rings. The Morgan fingerprint density at radius 1 is 1.24 bits per heavy atom. The Morgan fingerprint density at radius 3 is 2.43 bits per heavy atom. The second-order valence-electron chi connectivity index (χ2n) is 6.70. The molecule has 3 atom stereocenters. The maximum Gasteiger partial charge on any atom is 0.119 e. The highest BCUT2D eigenvalue weighted by molar-refractivity contribution is 5.29. The van der Waals surface area contributed by atoms with Crippen molar-refractivity contribution in [3.63, 3.8) is 0 Å². The zero-order chi connectivity index (χ0) is 15.4. The van der Waals surface area contributed by atoms with E-state index in [4.69, 9.17) is 10.5 Å². The molecule has 118 valence electrons. The van der Waals surface area contributed by atoms with Crippen molar-refractivity contribution in [1.29, 1.82) is 0 Å². The number of nitrogens with zero attached hydrogens (tertiary/aromatic N) is 1. The number of rotatable bonds is 5. The van der Waals surface area contributed by atoms with Gasteiger partial charge in [0.15, 0.2) is 0 Å². The highest BCUT2D eigenvalue weighted by atomic mass is 16.5. The predicted molar refractivity (Wildman–Crippen MR) is 88.6 cm³/mol. The fourth-order valence-electron chi connectivity index (χ4n) is 3.39. The second kappa shape index (κ2) is 7.28. The van der Waals surface area contributed by atoms with E-state index in [0.29, 0.717) is 18.6 Å². The summed E-state index contributed by atoms with van der Waals surface area (Å²) in [5.41, 5.74) is 7.38. The van der Waals surface area contributed by atoms with Gasteiger partial charge in [-0.05, 0) is 63.8 Å². The lowest BCUT2D eigenvalue weighted by molar-refractivity contribution is 0.0847. The number of likely N-dealkylation sites (tertiary alicyclic amines) is 1. The summed E-state index contributed by atoms with van der Waals surface area (Å²) in [6.07, 6.45) is 2.75. The van der Waals surface area contributed by atoms with Gasteiger partial charge in [0.2, 0.25) is 0 Å². The molecule has 0 amide bonds. The molecule has 0 aliphatic carbocycles. The quantitative estimate of drug-likeness (QED) is 0.900. The molecule has 21 heavy (non-hydrogen) atoms. The van der Waals surface area contributed by atoms with Crippen molar-refractivity contribution in [1.82, 2.24) is 4.90 Å². The van der Waals surface area contributed by atoms with Crippen LogP contribution in [0.5, 0.6) is 5.75 Å². The van der Waals surface area contributed by atoms with Crippen molar-refractivity contribution in [2.75, 3.05) is 13.1 Å². The summed E-state index contributed by atoms with van der Waals surface area (Å²) in [6.45, 7) is 10.6. The predicted octanol–water partition coefficient (Wildman–Crippen LogP) is 3.59. The number of hydrogen-bond donors (Lipinski definition) is 1. The molecule has 3 unspecified atom stereocenters. The average molecular weight is 290 g/mol. The Hall–Kier alpha value is -1.06. The molecule has 1 aromatic rings. The molecule has 1 saturated heterocycles. The number of piperidine rings is 1. The summed E-state index contributed by atoms with van der Waals surface area (Å²) in [4.78, 5) is 2.57. The van der Waals surface area contributed by atoms with Crippen molar-refractivity contribution in [2.24, 2.45) is 11.7 Å². The molecule has 0 aromatic heterocycles. The van der Waals surface area contributed by atoms with Crippen molar-refractivity contribution in [2.45, 2.75) is 58.7 Å². The Kier molecular flexibility index (Phi) is 5.65. The van der Waals surface area contributed by atoms with E-state index in [0.717, 1.165) is 18.2 Å². The highest BCUT2D eigenvalue weighted by Crippen LogP contribution is 2.31. The minimum atomic E-state index is 0.213. The molecule has 0 spiro atoms. The van der Waals surface area contributed by atoms with Gasteiger partial charge in [0, 0.05) is 18.6 Å². The molecule has 1 aliphatic heterocycles. The first-order chi connectivity index (χ1) is 10.0. The molecule has 1 aromatic carbocycles. The topological polar surface area (TPSA) is 38.5 Å². The maximum atomic E-state index is 6.08. The van der Waals surface area contributed by atoms with Crippen LogP contribution in [-0.2, 0) is 0 Å². The summed E-state index contributed by atoms with van der Waals surface area (Å²) in [5, 5.41) is 0. The van der Waals surface area contributed by atoms with Crippen LogP contribution in [0.3, 0.4) is 0 Å². The van der Waals surface area contributed by atoms with Crippen LogP contribution in [0.1, 0.15) is 52.1 Å². The summed E-state index contributed by atoms with van der Waals surface area (Å²) in [5.74, 6) is 1.77. The SMILES string of the molecule is CC1CCN(C(CN)c2ccc(OC(C)C)cc2)C(C)C1. The molecule has 0 saturated carbocycles. The smallest absolute Gasteiger partial charge is 0.119 e. The highest BCUT2D eigenvalue weighted by Gasteiger charge is 2.28. The van der Waals surface area contributed by atoms with Gasteiger partial charge in [-0.2, -0.15) is 0 Å². The molecule has 3 heteroatoms. The van der Waals surface area contributed by atoms with Crippen LogP contribution < -0.4 is 10.5 Å². The molecule has 2 N–H and O–H groups in total. The third kappa shape index (κ3) is 4.21. The summed E-state index contributed by atoms with van der Waals surface area (Å²) < 4.78 is 5.72. The lowest BCUT2D eigenvalue weighted by atomic mass is 9.90. The van der Waals surface area contributed by atoms with E-state index in [2.05, 4.69) is 43.0 Å². The van der Waals surface area contributed by atoms with Gasteiger partial charge in [0.1, 0.15) is 5.75 Å².